The van der Waals surface area contributed by atoms with Gasteiger partial charge < -0.3 is 9.84 Å². The fourth-order valence-electron chi connectivity index (χ4n) is 3.75. The topological polar surface area (TPSA) is 62.7 Å². The largest absolute Gasteiger partial charge is 0.448 e. The lowest BCUT2D eigenvalue weighted by atomic mass is 9.98. The highest BCUT2D eigenvalue weighted by atomic mass is 79.9. The summed E-state index contributed by atoms with van der Waals surface area (Å²) in [6, 6.07) is 20.1. The van der Waals surface area contributed by atoms with Crippen LogP contribution < -0.4 is 4.90 Å². The normalized spacial score (nSPS) is 12.3. The minimum atomic E-state index is -0.440. The summed E-state index contributed by atoms with van der Waals surface area (Å²) in [4.78, 5) is 18.6. The maximum Gasteiger partial charge on any atom is 0.414 e. The average Bonchev–Trinajstić information content (AvgIpc) is 3.07. The molecule has 5 nitrogen and oxygen atoms in total. The van der Waals surface area contributed by atoms with Gasteiger partial charge in [-0.2, -0.15) is 0 Å². The lowest BCUT2D eigenvalue weighted by molar-refractivity contribution is 0.149. The Kier molecular flexibility index (Phi) is 5.92. The minimum Gasteiger partial charge on any atom is -0.448 e. The van der Waals surface area contributed by atoms with Gasteiger partial charge in [0.1, 0.15) is 11.2 Å². The molecule has 6 heteroatoms. The lowest BCUT2D eigenvalue weighted by Crippen LogP contribution is -2.34. The SMILES string of the molecule is O=C(OCC1c2ccccc2-c2ccccc21)N(CCCO)c1ccc(Br)nc1. The van der Waals surface area contributed by atoms with Crippen molar-refractivity contribution in [2.24, 2.45) is 0 Å². The minimum absolute atomic E-state index is 0.00286. The number of aliphatic hydroxyl groups is 1. The van der Waals surface area contributed by atoms with Gasteiger partial charge in [-0.25, -0.2) is 9.78 Å². The number of fused-ring (bicyclic) bond motifs is 3. The Morgan fingerprint density at radius 3 is 2.28 bits per heavy atom. The van der Waals surface area contributed by atoms with E-state index >= 15 is 0 Å². The van der Waals surface area contributed by atoms with Gasteiger partial charge in [0.05, 0.1) is 11.9 Å². The number of benzene rings is 2. The third kappa shape index (κ3) is 4.04. The first-order valence-electron chi connectivity index (χ1n) is 9.54. The molecule has 29 heavy (non-hydrogen) atoms. The van der Waals surface area contributed by atoms with Gasteiger partial charge in [0.25, 0.3) is 0 Å². The summed E-state index contributed by atoms with van der Waals surface area (Å²) in [6.07, 6.45) is 1.63. The summed E-state index contributed by atoms with van der Waals surface area (Å²) >= 11 is 3.30. The number of amides is 1. The fraction of sp³-hybridized carbons (Fsp3) is 0.217. The summed E-state index contributed by atoms with van der Waals surface area (Å²) in [7, 11) is 0. The van der Waals surface area contributed by atoms with Crippen molar-refractivity contribution in [1.82, 2.24) is 4.98 Å². The number of hydrogen-bond donors (Lipinski definition) is 1. The van der Waals surface area contributed by atoms with Crippen LogP contribution in [0.1, 0.15) is 23.5 Å². The van der Waals surface area contributed by atoms with E-state index in [-0.39, 0.29) is 19.1 Å². The highest BCUT2D eigenvalue weighted by molar-refractivity contribution is 9.10. The number of rotatable bonds is 6. The van der Waals surface area contributed by atoms with E-state index < -0.39 is 6.09 Å². The molecule has 0 atom stereocenters. The first-order chi connectivity index (χ1) is 14.2. The fourth-order valence-corrected chi connectivity index (χ4v) is 3.99. The molecule has 0 spiro atoms. The lowest BCUT2D eigenvalue weighted by Gasteiger charge is -2.23. The second-order valence-corrected chi connectivity index (χ2v) is 7.68. The van der Waals surface area contributed by atoms with Gasteiger partial charge in [-0.1, -0.05) is 48.5 Å². The van der Waals surface area contributed by atoms with Crippen LogP contribution in [-0.4, -0.2) is 35.9 Å². The van der Waals surface area contributed by atoms with Gasteiger partial charge in [-0.15, -0.1) is 0 Å². The van der Waals surface area contributed by atoms with Crippen LogP contribution in [0.3, 0.4) is 0 Å². The van der Waals surface area contributed by atoms with E-state index in [9.17, 15) is 9.90 Å². The number of aliphatic hydroxyl groups excluding tert-OH is 1. The van der Waals surface area contributed by atoms with Crippen molar-refractivity contribution in [3.8, 4) is 11.1 Å². The number of aromatic nitrogens is 1. The van der Waals surface area contributed by atoms with Crippen molar-refractivity contribution in [2.75, 3.05) is 24.7 Å². The maximum atomic E-state index is 12.9. The van der Waals surface area contributed by atoms with Crippen LogP contribution >= 0.6 is 15.9 Å². The van der Waals surface area contributed by atoms with Crippen molar-refractivity contribution in [3.05, 3.63) is 82.6 Å². The molecule has 0 saturated heterocycles. The summed E-state index contributed by atoms with van der Waals surface area (Å²) in [5.74, 6) is 0.00841. The smallest absolute Gasteiger partial charge is 0.414 e. The Morgan fingerprint density at radius 1 is 1.03 bits per heavy atom. The van der Waals surface area contributed by atoms with Crippen LogP contribution in [0.5, 0.6) is 0 Å². The van der Waals surface area contributed by atoms with E-state index in [1.165, 1.54) is 27.2 Å². The molecule has 0 radical (unpaired) electrons. The number of halogens is 1. The average molecular weight is 453 g/mol. The van der Waals surface area contributed by atoms with E-state index in [1.54, 1.807) is 18.3 Å². The number of nitrogens with zero attached hydrogens (tertiary/aromatic N) is 2. The molecule has 148 valence electrons. The molecule has 1 aromatic heterocycles. The van der Waals surface area contributed by atoms with Crippen LogP contribution in [-0.2, 0) is 4.74 Å². The van der Waals surface area contributed by atoms with Gasteiger partial charge in [0.2, 0.25) is 0 Å². The number of carbonyl (C=O) groups excluding carboxylic acids is 1. The molecular formula is C23H21BrN2O3. The zero-order chi connectivity index (χ0) is 20.2. The molecule has 2 aromatic carbocycles. The second-order valence-electron chi connectivity index (χ2n) is 6.87. The standard InChI is InChI=1S/C23H21BrN2O3/c24-22-11-10-16(14-25-22)26(12-5-13-27)23(28)29-15-21-19-8-3-1-6-17(19)18-7-2-4-9-20(18)21/h1-4,6-11,14,21,27H,5,12-13,15H2. The van der Waals surface area contributed by atoms with Crippen LogP contribution in [0, 0.1) is 0 Å². The third-order valence-electron chi connectivity index (χ3n) is 5.12. The Balaban J connectivity index is 1.54. The van der Waals surface area contributed by atoms with Crippen molar-refractivity contribution in [2.45, 2.75) is 12.3 Å². The van der Waals surface area contributed by atoms with E-state index in [1.807, 2.05) is 24.3 Å². The number of hydrogen-bond acceptors (Lipinski definition) is 4. The van der Waals surface area contributed by atoms with Gasteiger partial charge in [0.15, 0.2) is 0 Å². The highest BCUT2D eigenvalue weighted by Crippen LogP contribution is 2.44. The summed E-state index contributed by atoms with van der Waals surface area (Å²) in [5.41, 5.74) is 5.37. The molecule has 0 fully saturated rings. The number of carbonyl (C=O) groups is 1. The van der Waals surface area contributed by atoms with E-state index in [4.69, 9.17) is 4.74 Å². The summed E-state index contributed by atoms with van der Waals surface area (Å²) in [5, 5.41) is 9.21. The molecular weight excluding hydrogens is 432 g/mol. The summed E-state index contributed by atoms with van der Waals surface area (Å²) in [6.45, 7) is 0.611. The molecule has 1 heterocycles. The quantitative estimate of drug-likeness (QED) is 0.535. The molecule has 1 N–H and O–H groups in total. The van der Waals surface area contributed by atoms with E-state index in [2.05, 4.69) is 45.2 Å². The maximum absolute atomic E-state index is 12.9. The third-order valence-corrected chi connectivity index (χ3v) is 5.59. The van der Waals surface area contributed by atoms with Crippen LogP contribution in [0.2, 0.25) is 0 Å². The van der Waals surface area contributed by atoms with Gasteiger partial charge in [-0.3, -0.25) is 4.90 Å². The molecule has 1 aliphatic carbocycles. The van der Waals surface area contributed by atoms with Gasteiger partial charge >= 0.3 is 6.09 Å². The Labute approximate surface area is 178 Å². The Hall–Kier alpha value is -2.70. The van der Waals surface area contributed by atoms with Crippen molar-refractivity contribution in [3.63, 3.8) is 0 Å². The summed E-state index contributed by atoms with van der Waals surface area (Å²) < 4.78 is 6.44. The first-order valence-corrected chi connectivity index (χ1v) is 10.3. The first kappa shape index (κ1) is 19.6. The van der Waals surface area contributed by atoms with Crippen LogP contribution in [0.4, 0.5) is 10.5 Å². The van der Waals surface area contributed by atoms with Crippen molar-refractivity contribution >= 4 is 27.7 Å². The van der Waals surface area contributed by atoms with Gasteiger partial charge in [-0.05, 0) is 56.7 Å². The molecule has 1 aliphatic rings. The van der Waals surface area contributed by atoms with E-state index in [0.29, 0.717) is 23.3 Å². The molecule has 0 saturated carbocycles. The molecule has 3 aromatic rings. The molecule has 0 unspecified atom stereocenters. The monoisotopic (exact) mass is 452 g/mol. The predicted octanol–water partition coefficient (Wildman–Crippen LogP) is 4.98. The number of pyridine rings is 1. The second kappa shape index (κ2) is 8.76. The number of ether oxygens (including phenoxy) is 1. The van der Waals surface area contributed by atoms with Crippen LogP contribution in [0.25, 0.3) is 11.1 Å². The molecule has 0 bridgehead atoms. The van der Waals surface area contributed by atoms with Gasteiger partial charge in [0, 0.05) is 19.1 Å². The molecule has 0 aliphatic heterocycles. The van der Waals surface area contributed by atoms with Crippen LogP contribution in [0.15, 0.2) is 71.5 Å². The predicted molar refractivity (Wildman–Crippen MR) is 116 cm³/mol. The van der Waals surface area contributed by atoms with Crippen molar-refractivity contribution in [1.29, 1.82) is 0 Å². The number of anilines is 1. The highest BCUT2D eigenvalue weighted by Gasteiger charge is 2.29. The Bertz CT molecular complexity index is 962. The Morgan fingerprint density at radius 2 is 1.69 bits per heavy atom. The molecule has 4 rings (SSSR count). The van der Waals surface area contributed by atoms with Crippen molar-refractivity contribution < 1.29 is 14.6 Å². The molecule has 1 amide bonds. The van der Waals surface area contributed by atoms with E-state index in [0.717, 1.165) is 0 Å². The zero-order valence-corrected chi connectivity index (χ0v) is 17.4. The zero-order valence-electron chi connectivity index (χ0n) is 15.8.